The molecule has 3 fully saturated rings. The molecule has 4 aliphatic rings. The molecular formula is C44H64N6O10S. The van der Waals surface area contributed by atoms with Crippen LogP contribution in [0.2, 0.25) is 0 Å². The highest BCUT2D eigenvalue weighted by Crippen LogP contribution is 2.52. The summed E-state index contributed by atoms with van der Waals surface area (Å²) < 4.78 is 32.0. The second kappa shape index (κ2) is 18.9. The number of fused-ring (bicyclic) bond motifs is 1. The number of aliphatic hydroxyl groups is 1. The second-order valence-electron chi connectivity index (χ2n) is 17.9. The second-order valence-corrected chi connectivity index (χ2v) is 18.9. The Balaban J connectivity index is 1.45. The predicted octanol–water partition coefficient (Wildman–Crippen LogP) is 5.83. The molecule has 0 spiro atoms. The number of methoxy groups -OCH3 is 1. The SMILES string of the molecule is CCC[C@H]1C2=N/C(=N/O[C@H](C)c3nnc(-c4ccccn4)s3)[C@@H]3C(=O)O[C@@](C)([C@@H]13)[C@H](CC)OC(=O)[C@H](C)C(=O)[C@H](C)[C@@H](O[C@@H]1O[C@H](C)C[C@H](N(C)C)[C@H]1O)[C@](C)(OC)C[C@H]2C. The molecule has 15 atom stereocenters. The predicted molar refractivity (Wildman–Crippen MR) is 227 cm³/mol. The van der Waals surface area contributed by atoms with Gasteiger partial charge in [0.1, 0.15) is 29.7 Å². The van der Waals surface area contributed by atoms with Gasteiger partial charge in [-0.05, 0) is 92.4 Å². The van der Waals surface area contributed by atoms with Gasteiger partial charge >= 0.3 is 11.9 Å². The molecule has 61 heavy (non-hydrogen) atoms. The van der Waals surface area contributed by atoms with Crippen LogP contribution in [-0.2, 0) is 42.9 Å². The van der Waals surface area contributed by atoms with Crippen molar-refractivity contribution in [2.75, 3.05) is 21.2 Å². The molecule has 2 aromatic heterocycles. The monoisotopic (exact) mass is 868 g/mol. The Labute approximate surface area is 363 Å². The number of hydrogen-bond donors (Lipinski definition) is 1. The van der Waals surface area contributed by atoms with Gasteiger partial charge in [0.05, 0.1) is 17.8 Å². The molecule has 0 aromatic carbocycles. The molecule has 2 bridgehead atoms. The van der Waals surface area contributed by atoms with E-state index in [1.807, 2.05) is 71.8 Å². The first-order valence-electron chi connectivity index (χ1n) is 21.6. The van der Waals surface area contributed by atoms with Crippen LogP contribution in [-0.4, -0.2) is 124 Å². The third kappa shape index (κ3) is 9.19. The molecule has 4 aliphatic heterocycles. The molecule has 0 amide bonds. The number of rotatable bonds is 11. The summed E-state index contributed by atoms with van der Waals surface area (Å²) in [7, 11) is 5.35. The Morgan fingerprint density at radius 2 is 1.82 bits per heavy atom. The van der Waals surface area contributed by atoms with Crippen molar-refractivity contribution in [2.45, 2.75) is 148 Å². The maximum Gasteiger partial charge on any atom is 0.317 e. The van der Waals surface area contributed by atoms with Gasteiger partial charge in [0.25, 0.3) is 0 Å². The molecule has 336 valence electrons. The van der Waals surface area contributed by atoms with Gasteiger partial charge in [-0.1, -0.05) is 56.7 Å². The van der Waals surface area contributed by atoms with E-state index < -0.39 is 83.3 Å². The standard InChI is InChI=1S/C44H64N6O10S/c1-13-17-27-32-31-37(49-60-26(7)38-47-48-39(61-38)28-18-15-16-19-45-28)46-33(27)22(3)21-43(8,55-12)36(58-42-35(52)29(50(10)11)20-23(4)56-42)24(5)34(51)25(6)40(53)57-30(14-2)44(32,9)59-41(31)54/h15-16,18-19,22-27,29-32,35-36,42,52H,13-14,17,20-21H2,1-12H3/b49-37+/t22-,23-,24+,25-,26-,27-,29+,30+,31-,32+,35-,36-,42+,43-,44-/m1/s1. The summed E-state index contributed by atoms with van der Waals surface area (Å²) in [6.07, 6.45) is -0.661. The molecule has 16 nitrogen and oxygen atoms in total. The maximum atomic E-state index is 14.4. The zero-order chi connectivity index (χ0) is 44.6. The van der Waals surface area contributed by atoms with Crippen molar-refractivity contribution >= 4 is 40.6 Å². The minimum Gasteiger partial charge on any atom is -0.458 e. The van der Waals surface area contributed by atoms with Crippen LogP contribution >= 0.6 is 11.3 Å². The Hall–Kier alpha value is -3.74. The molecule has 0 radical (unpaired) electrons. The number of likely N-dealkylation sites (N-methyl/N-ethyl adjacent to an activating group) is 1. The lowest BCUT2D eigenvalue weighted by Crippen LogP contribution is -2.60. The molecule has 6 heterocycles. The highest BCUT2D eigenvalue weighted by molar-refractivity contribution is 7.14. The number of aliphatic hydroxyl groups excluding tert-OH is 1. The van der Waals surface area contributed by atoms with Crippen molar-refractivity contribution in [3.05, 3.63) is 29.4 Å². The van der Waals surface area contributed by atoms with Gasteiger partial charge in [0, 0.05) is 42.8 Å². The third-order valence-corrected chi connectivity index (χ3v) is 14.4. The number of Topliss-reactive ketones (excluding diaryl/α,β-unsaturated/α-hetero) is 1. The van der Waals surface area contributed by atoms with E-state index in [1.165, 1.54) is 18.3 Å². The number of oxime groups is 1. The number of cyclic esters (lactones) is 1. The first kappa shape index (κ1) is 46.8. The van der Waals surface area contributed by atoms with Crippen LogP contribution in [0, 0.1) is 35.5 Å². The fourth-order valence-corrected chi connectivity index (χ4v) is 10.8. The van der Waals surface area contributed by atoms with Crippen molar-refractivity contribution in [3.8, 4) is 10.7 Å². The fraction of sp³-hybridized carbons (Fsp3) is 0.727. The minimum atomic E-state index is -1.31. The number of ketones is 1. The number of carbonyl (C=O) groups excluding carboxylic acids is 3. The van der Waals surface area contributed by atoms with Crippen LogP contribution < -0.4 is 0 Å². The number of carbonyl (C=O) groups is 3. The zero-order valence-corrected chi connectivity index (χ0v) is 38.4. The summed E-state index contributed by atoms with van der Waals surface area (Å²) in [4.78, 5) is 60.5. The first-order chi connectivity index (χ1) is 28.9. The van der Waals surface area contributed by atoms with Gasteiger partial charge in [0.2, 0.25) is 0 Å². The summed E-state index contributed by atoms with van der Waals surface area (Å²) in [6.45, 7) is 16.6. The van der Waals surface area contributed by atoms with E-state index >= 15 is 0 Å². The number of nitrogens with zero attached hydrogens (tertiary/aromatic N) is 6. The number of hydrogen-bond acceptors (Lipinski definition) is 16. The number of aromatic nitrogens is 3. The quantitative estimate of drug-likeness (QED) is 0.161. The molecule has 3 saturated heterocycles. The number of esters is 2. The van der Waals surface area contributed by atoms with Gasteiger partial charge in [-0.15, -0.1) is 10.2 Å². The van der Waals surface area contributed by atoms with E-state index in [4.69, 9.17) is 33.5 Å². The molecule has 0 unspecified atom stereocenters. The summed E-state index contributed by atoms with van der Waals surface area (Å²) in [5.74, 6) is -5.84. The van der Waals surface area contributed by atoms with Crippen molar-refractivity contribution in [1.82, 2.24) is 20.1 Å². The van der Waals surface area contributed by atoms with Crippen molar-refractivity contribution in [2.24, 2.45) is 45.7 Å². The van der Waals surface area contributed by atoms with Gasteiger partial charge in [-0.25, -0.2) is 4.99 Å². The van der Waals surface area contributed by atoms with Crippen LogP contribution in [0.1, 0.15) is 106 Å². The lowest BCUT2D eigenvalue weighted by Gasteiger charge is -2.48. The van der Waals surface area contributed by atoms with E-state index in [1.54, 1.807) is 27.2 Å². The molecule has 2 aromatic rings. The van der Waals surface area contributed by atoms with E-state index in [0.29, 0.717) is 41.4 Å². The smallest absolute Gasteiger partial charge is 0.317 e. The van der Waals surface area contributed by atoms with E-state index in [9.17, 15) is 19.5 Å². The number of ether oxygens (including phenoxy) is 5. The molecule has 17 heteroatoms. The zero-order valence-electron chi connectivity index (χ0n) is 37.6. The number of amidine groups is 1. The van der Waals surface area contributed by atoms with Crippen LogP contribution in [0.5, 0.6) is 0 Å². The molecule has 0 aliphatic carbocycles. The van der Waals surface area contributed by atoms with Crippen LogP contribution in [0.4, 0.5) is 0 Å². The Bertz CT molecular complexity index is 1950. The first-order valence-corrected chi connectivity index (χ1v) is 22.4. The van der Waals surface area contributed by atoms with Crippen LogP contribution in [0.3, 0.4) is 0 Å². The number of aliphatic imine (C=N–C) groups is 1. The normalized spacial score (nSPS) is 38.4. The lowest BCUT2D eigenvalue weighted by molar-refractivity contribution is -0.295. The van der Waals surface area contributed by atoms with E-state index in [-0.39, 0.29) is 29.8 Å². The Kier molecular flexibility index (Phi) is 14.5. The maximum absolute atomic E-state index is 14.4. The van der Waals surface area contributed by atoms with E-state index in [2.05, 4.69) is 27.3 Å². The molecule has 1 N–H and O–H groups in total. The summed E-state index contributed by atoms with van der Waals surface area (Å²) >= 11 is 1.33. The van der Waals surface area contributed by atoms with Gasteiger partial charge < -0.3 is 38.5 Å². The average molecular weight is 869 g/mol. The fourth-order valence-electron chi connectivity index (χ4n) is 9.96. The summed E-state index contributed by atoms with van der Waals surface area (Å²) in [5.41, 5.74) is -1.07. The topological polar surface area (TPSA) is 193 Å². The third-order valence-electron chi connectivity index (χ3n) is 13.3. The van der Waals surface area contributed by atoms with Crippen LogP contribution in [0.25, 0.3) is 10.7 Å². The van der Waals surface area contributed by atoms with Crippen molar-refractivity contribution in [1.29, 1.82) is 0 Å². The highest BCUT2D eigenvalue weighted by Gasteiger charge is 2.65. The Morgan fingerprint density at radius 3 is 2.46 bits per heavy atom. The lowest BCUT2D eigenvalue weighted by atomic mass is 9.63. The van der Waals surface area contributed by atoms with Gasteiger partial charge in [-0.3, -0.25) is 19.4 Å². The van der Waals surface area contributed by atoms with Gasteiger partial charge in [-0.2, -0.15) is 0 Å². The average Bonchev–Trinajstić information content (AvgIpc) is 3.84. The number of pyridine rings is 1. The van der Waals surface area contributed by atoms with E-state index in [0.717, 1.165) is 12.1 Å². The molecule has 0 saturated carbocycles. The Morgan fingerprint density at radius 1 is 1.08 bits per heavy atom. The largest absolute Gasteiger partial charge is 0.458 e. The molecule has 6 rings (SSSR count). The van der Waals surface area contributed by atoms with Crippen molar-refractivity contribution in [3.63, 3.8) is 0 Å². The summed E-state index contributed by atoms with van der Waals surface area (Å²) in [5, 5.41) is 26.0. The van der Waals surface area contributed by atoms with Gasteiger partial charge in [0.15, 0.2) is 39.6 Å². The minimum absolute atomic E-state index is 0.147. The van der Waals surface area contributed by atoms with Crippen LogP contribution in [0.15, 0.2) is 34.5 Å². The summed E-state index contributed by atoms with van der Waals surface area (Å²) in [6, 6.07) is 5.29. The highest BCUT2D eigenvalue weighted by atomic mass is 32.1. The molecular weight excluding hydrogens is 805 g/mol. The van der Waals surface area contributed by atoms with Crippen molar-refractivity contribution < 1.29 is 48.0 Å².